The summed E-state index contributed by atoms with van der Waals surface area (Å²) in [6, 6.07) is 1.68. The summed E-state index contributed by atoms with van der Waals surface area (Å²) in [5, 5.41) is 2.52. The quantitative estimate of drug-likeness (QED) is 0.773. The highest BCUT2D eigenvalue weighted by atomic mass is 79.9. The van der Waals surface area contributed by atoms with Crippen molar-refractivity contribution in [2.45, 2.75) is 19.4 Å². The Hall–Kier alpha value is -1.47. The van der Waals surface area contributed by atoms with E-state index < -0.39 is 23.7 Å². The lowest BCUT2D eigenvalue weighted by atomic mass is 10.1. The molecule has 0 saturated heterocycles. The molecular weight excluding hydrogens is 305 g/mol. The fraction of sp³-hybridized carbons (Fsp3) is 0.273. The molecule has 1 rings (SSSR count). The van der Waals surface area contributed by atoms with Gasteiger partial charge in [-0.1, -0.05) is 0 Å². The third-order valence-corrected chi connectivity index (χ3v) is 2.89. The number of halogens is 2. The van der Waals surface area contributed by atoms with Crippen LogP contribution in [0.1, 0.15) is 12.0 Å². The summed E-state index contributed by atoms with van der Waals surface area (Å²) in [5.74, 6) is -1.63. The number of benzene rings is 1. The number of nitrogens with two attached hydrogens (primary N) is 2. The van der Waals surface area contributed by atoms with E-state index in [4.69, 9.17) is 11.5 Å². The Bertz CT molecular complexity index is 493. The summed E-state index contributed by atoms with van der Waals surface area (Å²) in [7, 11) is 0. The van der Waals surface area contributed by atoms with Gasteiger partial charge in [-0.25, -0.2) is 4.39 Å². The molecule has 0 spiro atoms. The molecule has 0 aliphatic heterocycles. The molecular formula is C11H13BrFN3O2. The van der Waals surface area contributed by atoms with Crippen LogP contribution in [0.4, 0.5) is 10.1 Å². The highest BCUT2D eigenvalue weighted by Crippen LogP contribution is 2.24. The van der Waals surface area contributed by atoms with Gasteiger partial charge in [-0.2, -0.15) is 0 Å². The van der Waals surface area contributed by atoms with Crippen molar-refractivity contribution in [2.75, 3.05) is 5.32 Å². The number of primary amides is 1. The maximum Gasteiger partial charge on any atom is 0.241 e. The highest BCUT2D eigenvalue weighted by molar-refractivity contribution is 9.10. The Kier molecular flexibility index (Phi) is 4.80. The number of nitrogens with one attached hydrogen (secondary N) is 1. The Morgan fingerprint density at radius 3 is 2.67 bits per heavy atom. The van der Waals surface area contributed by atoms with E-state index >= 15 is 0 Å². The van der Waals surface area contributed by atoms with Crippen LogP contribution in [-0.4, -0.2) is 17.9 Å². The maximum atomic E-state index is 13.2. The van der Waals surface area contributed by atoms with E-state index in [0.717, 1.165) is 0 Å². The van der Waals surface area contributed by atoms with E-state index in [-0.39, 0.29) is 10.9 Å². The lowest BCUT2D eigenvalue weighted by molar-refractivity contribution is -0.123. The average Bonchev–Trinajstić information content (AvgIpc) is 2.24. The molecule has 1 atom stereocenters. The summed E-state index contributed by atoms with van der Waals surface area (Å²) in [6.07, 6.45) is -0.243. The number of rotatable bonds is 4. The molecule has 0 heterocycles. The SMILES string of the molecule is Cc1cc(F)c(Br)cc1NC(=O)C(N)CC(N)=O. The van der Waals surface area contributed by atoms with Gasteiger partial charge in [0.1, 0.15) is 5.82 Å². The molecule has 1 aromatic carbocycles. The van der Waals surface area contributed by atoms with Gasteiger partial charge in [0.15, 0.2) is 0 Å². The zero-order valence-electron chi connectivity index (χ0n) is 9.67. The zero-order valence-corrected chi connectivity index (χ0v) is 11.3. The van der Waals surface area contributed by atoms with Crippen LogP contribution in [0.15, 0.2) is 16.6 Å². The maximum absolute atomic E-state index is 13.2. The van der Waals surface area contributed by atoms with Crippen molar-refractivity contribution in [3.8, 4) is 0 Å². The second-order valence-corrected chi connectivity index (χ2v) is 4.70. The van der Waals surface area contributed by atoms with Crippen molar-refractivity contribution in [3.05, 3.63) is 28.0 Å². The van der Waals surface area contributed by atoms with Crippen LogP contribution in [0.25, 0.3) is 0 Å². The Labute approximate surface area is 112 Å². The standard InChI is InChI=1S/C11H13BrFN3O2/c1-5-2-7(13)6(12)3-9(5)16-11(18)8(14)4-10(15)17/h2-3,8H,4,14H2,1H3,(H2,15,17)(H,16,18). The van der Waals surface area contributed by atoms with E-state index in [2.05, 4.69) is 21.2 Å². The largest absolute Gasteiger partial charge is 0.370 e. The second kappa shape index (κ2) is 5.92. The van der Waals surface area contributed by atoms with Gasteiger partial charge in [0.2, 0.25) is 11.8 Å². The van der Waals surface area contributed by atoms with Crippen molar-refractivity contribution >= 4 is 33.4 Å². The van der Waals surface area contributed by atoms with Crippen LogP contribution < -0.4 is 16.8 Å². The molecule has 0 bridgehead atoms. The van der Waals surface area contributed by atoms with Crippen molar-refractivity contribution in [2.24, 2.45) is 11.5 Å². The first kappa shape index (κ1) is 14.6. The van der Waals surface area contributed by atoms with Crippen LogP contribution in [0.2, 0.25) is 0 Å². The Balaban J connectivity index is 2.82. The van der Waals surface area contributed by atoms with E-state index in [0.29, 0.717) is 11.3 Å². The summed E-state index contributed by atoms with van der Waals surface area (Å²) < 4.78 is 13.4. The number of amides is 2. The Morgan fingerprint density at radius 2 is 2.11 bits per heavy atom. The van der Waals surface area contributed by atoms with Gasteiger partial charge in [-0.05, 0) is 40.5 Å². The van der Waals surface area contributed by atoms with Gasteiger partial charge < -0.3 is 16.8 Å². The van der Waals surface area contributed by atoms with Crippen molar-refractivity contribution in [3.63, 3.8) is 0 Å². The smallest absolute Gasteiger partial charge is 0.241 e. The molecule has 5 N–H and O–H groups in total. The van der Waals surface area contributed by atoms with Gasteiger partial charge in [0, 0.05) is 5.69 Å². The molecule has 2 amide bonds. The highest BCUT2D eigenvalue weighted by Gasteiger charge is 2.17. The number of carbonyl (C=O) groups excluding carboxylic acids is 2. The summed E-state index contributed by atoms with van der Waals surface area (Å²) in [4.78, 5) is 22.3. The lowest BCUT2D eigenvalue weighted by Crippen LogP contribution is -2.39. The fourth-order valence-electron chi connectivity index (χ4n) is 1.32. The number of hydrogen-bond acceptors (Lipinski definition) is 3. The van der Waals surface area contributed by atoms with Crippen LogP contribution >= 0.6 is 15.9 Å². The summed E-state index contributed by atoms with van der Waals surface area (Å²) >= 11 is 3.02. The molecule has 0 fully saturated rings. The average molecular weight is 318 g/mol. The predicted octanol–water partition coefficient (Wildman–Crippen LogP) is 1.04. The predicted molar refractivity (Wildman–Crippen MR) is 69.3 cm³/mol. The van der Waals surface area contributed by atoms with Gasteiger partial charge in [0.25, 0.3) is 0 Å². The molecule has 98 valence electrons. The number of anilines is 1. The third kappa shape index (κ3) is 3.78. The van der Waals surface area contributed by atoms with Crippen LogP contribution in [0, 0.1) is 12.7 Å². The van der Waals surface area contributed by atoms with Crippen molar-refractivity contribution in [1.29, 1.82) is 0 Å². The van der Waals surface area contributed by atoms with Gasteiger partial charge in [0.05, 0.1) is 16.9 Å². The molecule has 0 radical (unpaired) electrons. The second-order valence-electron chi connectivity index (χ2n) is 3.85. The molecule has 0 aromatic heterocycles. The van der Waals surface area contributed by atoms with E-state index in [1.54, 1.807) is 6.92 Å². The molecule has 0 aliphatic carbocycles. The monoisotopic (exact) mass is 317 g/mol. The molecule has 18 heavy (non-hydrogen) atoms. The zero-order chi connectivity index (χ0) is 13.9. The summed E-state index contributed by atoms with van der Waals surface area (Å²) in [5.41, 5.74) is 11.4. The molecule has 0 aliphatic rings. The van der Waals surface area contributed by atoms with Crippen molar-refractivity contribution in [1.82, 2.24) is 0 Å². The van der Waals surface area contributed by atoms with Gasteiger partial charge >= 0.3 is 0 Å². The first-order chi connectivity index (χ1) is 8.31. The minimum Gasteiger partial charge on any atom is -0.370 e. The number of carbonyl (C=O) groups is 2. The van der Waals surface area contributed by atoms with E-state index in [9.17, 15) is 14.0 Å². The first-order valence-corrected chi connectivity index (χ1v) is 5.91. The van der Waals surface area contributed by atoms with Gasteiger partial charge in [-0.15, -0.1) is 0 Å². The minimum absolute atomic E-state index is 0.229. The van der Waals surface area contributed by atoms with Gasteiger partial charge in [-0.3, -0.25) is 9.59 Å². The van der Waals surface area contributed by atoms with E-state index in [1.807, 2.05) is 0 Å². The fourth-order valence-corrected chi connectivity index (χ4v) is 1.66. The topological polar surface area (TPSA) is 98.2 Å². The normalized spacial score (nSPS) is 12.0. The molecule has 1 aromatic rings. The van der Waals surface area contributed by atoms with Crippen LogP contribution in [-0.2, 0) is 9.59 Å². The molecule has 5 nitrogen and oxygen atoms in total. The lowest BCUT2D eigenvalue weighted by Gasteiger charge is -2.13. The molecule has 7 heteroatoms. The van der Waals surface area contributed by atoms with Crippen molar-refractivity contribution < 1.29 is 14.0 Å². The third-order valence-electron chi connectivity index (χ3n) is 2.28. The number of hydrogen-bond donors (Lipinski definition) is 3. The van der Waals surface area contributed by atoms with Crippen LogP contribution in [0.5, 0.6) is 0 Å². The number of aryl methyl sites for hydroxylation is 1. The van der Waals surface area contributed by atoms with Crippen LogP contribution in [0.3, 0.4) is 0 Å². The minimum atomic E-state index is -1.02. The Morgan fingerprint density at radius 1 is 1.50 bits per heavy atom. The summed E-state index contributed by atoms with van der Waals surface area (Å²) in [6.45, 7) is 1.64. The molecule has 0 saturated carbocycles. The van der Waals surface area contributed by atoms with E-state index in [1.165, 1.54) is 12.1 Å². The first-order valence-electron chi connectivity index (χ1n) is 5.11. The molecule has 1 unspecified atom stereocenters.